The fourth-order valence-electron chi connectivity index (χ4n) is 2.39. The molecule has 0 bridgehead atoms. The Labute approximate surface area is 137 Å². The van der Waals surface area contributed by atoms with Crippen molar-refractivity contribution in [3.63, 3.8) is 0 Å². The van der Waals surface area contributed by atoms with Crippen molar-refractivity contribution in [2.24, 2.45) is 17.8 Å². The smallest absolute Gasteiger partial charge is 0.410 e. The van der Waals surface area contributed by atoms with Crippen molar-refractivity contribution in [3.05, 3.63) is 0 Å². The molecule has 0 saturated carbocycles. The van der Waals surface area contributed by atoms with Gasteiger partial charge in [-0.25, -0.2) is 4.79 Å². The van der Waals surface area contributed by atoms with E-state index in [4.69, 9.17) is 4.74 Å². The summed E-state index contributed by atoms with van der Waals surface area (Å²) in [6, 6.07) is 0. The molecule has 0 aliphatic carbocycles. The quantitative estimate of drug-likeness (QED) is 0.819. The standard InChI is InChI=1S/C16H28N2O5/c1-10(2)7-17-13(19)11-6-12(14(20)21)9-18(8-11)15(22)23-16(3,4)5/h10-12H,6-9H2,1-5H3,(H,17,19)(H,20,21)/t11-,12?/m1/s1. The summed E-state index contributed by atoms with van der Waals surface area (Å²) in [6.45, 7) is 9.98. The number of carbonyl (C=O) groups excluding carboxylic acids is 2. The van der Waals surface area contributed by atoms with Gasteiger partial charge in [-0.3, -0.25) is 9.59 Å². The van der Waals surface area contributed by atoms with Crippen LogP contribution in [0.4, 0.5) is 4.79 Å². The van der Waals surface area contributed by atoms with Crippen LogP contribution < -0.4 is 5.32 Å². The molecular formula is C16H28N2O5. The Kier molecular flexibility index (Phi) is 6.41. The number of hydrogen-bond donors (Lipinski definition) is 2. The Hall–Kier alpha value is -1.79. The number of nitrogens with one attached hydrogen (secondary N) is 1. The molecule has 0 aromatic rings. The molecule has 1 unspecified atom stereocenters. The van der Waals surface area contributed by atoms with Gasteiger partial charge in [0.25, 0.3) is 0 Å². The summed E-state index contributed by atoms with van der Waals surface area (Å²) in [5.74, 6) is -2.19. The number of hydrogen-bond acceptors (Lipinski definition) is 4. The van der Waals surface area contributed by atoms with Crippen LogP contribution in [0.1, 0.15) is 41.0 Å². The van der Waals surface area contributed by atoms with Crippen LogP contribution in [0.5, 0.6) is 0 Å². The van der Waals surface area contributed by atoms with Crippen LogP contribution in [0.15, 0.2) is 0 Å². The third-order valence-corrected chi connectivity index (χ3v) is 3.51. The van der Waals surface area contributed by atoms with Crippen LogP contribution >= 0.6 is 0 Å². The zero-order valence-electron chi connectivity index (χ0n) is 14.6. The molecule has 1 heterocycles. The lowest BCUT2D eigenvalue weighted by atomic mass is 9.88. The first-order valence-electron chi connectivity index (χ1n) is 7.98. The van der Waals surface area contributed by atoms with E-state index in [1.54, 1.807) is 20.8 Å². The fourth-order valence-corrected chi connectivity index (χ4v) is 2.39. The van der Waals surface area contributed by atoms with Gasteiger partial charge in [0.05, 0.1) is 11.8 Å². The fraction of sp³-hybridized carbons (Fsp3) is 0.812. The predicted octanol–water partition coefficient (Wildman–Crippen LogP) is 1.72. The van der Waals surface area contributed by atoms with Crippen LogP contribution in [0, 0.1) is 17.8 Å². The molecule has 132 valence electrons. The topological polar surface area (TPSA) is 95.9 Å². The summed E-state index contributed by atoms with van der Waals surface area (Å²) in [4.78, 5) is 37.1. The van der Waals surface area contributed by atoms with E-state index in [0.717, 1.165) is 0 Å². The number of amides is 2. The largest absolute Gasteiger partial charge is 0.481 e. The Morgan fingerprint density at radius 3 is 2.26 bits per heavy atom. The minimum Gasteiger partial charge on any atom is -0.481 e. The van der Waals surface area contributed by atoms with Crippen molar-refractivity contribution >= 4 is 18.0 Å². The lowest BCUT2D eigenvalue weighted by molar-refractivity contribution is -0.145. The van der Waals surface area contributed by atoms with E-state index in [-0.39, 0.29) is 25.4 Å². The lowest BCUT2D eigenvalue weighted by Gasteiger charge is -2.36. The van der Waals surface area contributed by atoms with E-state index in [9.17, 15) is 19.5 Å². The van der Waals surface area contributed by atoms with E-state index in [1.807, 2.05) is 13.8 Å². The molecule has 1 fully saturated rings. The number of carboxylic acids is 1. The number of likely N-dealkylation sites (tertiary alicyclic amines) is 1. The van der Waals surface area contributed by atoms with E-state index >= 15 is 0 Å². The molecule has 0 aromatic heterocycles. The van der Waals surface area contributed by atoms with Crippen molar-refractivity contribution in [2.75, 3.05) is 19.6 Å². The van der Waals surface area contributed by atoms with Gasteiger partial charge >= 0.3 is 12.1 Å². The van der Waals surface area contributed by atoms with Crippen molar-refractivity contribution in [3.8, 4) is 0 Å². The van der Waals surface area contributed by atoms with E-state index in [2.05, 4.69) is 5.32 Å². The van der Waals surface area contributed by atoms with Gasteiger partial charge in [-0.1, -0.05) is 13.8 Å². The van der Waals surface area contributed by atoms with Crippen molar-refractivity contribution < 1.29 is 24.2 Å². The highest BCUT2D eigenvalue weighted by molar-refractivity contribution is 5.82. The second-order valence-corrected chi connectivity index (χ2v) is 7.49. The monoisotopic (exact) mass is 328 g/mol. The maximum atomic E-state index is 12.2. The van der Waals surface area contributed by atoms with Crippen LogP contribution in [0.25, 0.3) is 0 Å². The summed E-state index contributed by atoms with van der Waals surface area (Å²) in [5.41, 5.74) is -0.664. The van der Waals surface area contributed by atoms with Crippen LogP contribution in [0.3, 0.4) is 0 Å². The number of aliphatic carboxylic acids is 1. The summed E-state index contributed by atoms with van der Waals surface area (Å²) in [5, 5.41) is 12.1. The summed E-state index contributed by atoms with van der Waals surface area (Å²) >= 11 is 0. The molecule has 2 amide bonds. The van der Waals surface area contributed by atoms with Crippen LogP contribution in [-0.2, 0) is 14.3 Å². The molecule has 1 rings (SSSR count). The highest BCUT2D eigenvalue weighted by Crippen LogP contribution is 2.24. The molecule has 7 nitrogen and oxygen atoms in total. The van der Waals surface area contributed by atoms with Gasteiger partial charge < -0.3 is 20.1 Å². The number of ether oxygens (including phenoxy) is 1. The maximum absolute atomic E-state index is 12.2. The maximum Gasteiger partial charge on any atom is 0.410 e. The average Bonchev–Trinajstić information content (AvgIpc) is 2.42. The Balaban J connectivity index is 2.78. The molecule has 7 heteroatoms. The number of piperidine rings is 1. The van der Waals surface area contributed by atoms with Gasteiger partial charge in [0, 0.05) is 19.6 Å². The van der Waals surface area contributed by atoms with Crippen molar-refractivity contribution in [2.45, 2.75) is 46.6 Å². The molecule has 2 N–H and O–H groups in total. The summed E-state index contributed by atoms with van der Waals surface area (Å²) < 4.78 is 5.29. The average molecular weight is 328 g/mol. The van der Waals surface area contributed by atoms with Gasteiger partial charge in [0.15, 0.2) is 0 Å². The first-order valence-corrected chi connectivity index (χ1v) is 7.98. The van der Waals surface area contributed by atoms with Gasteiger partial charge in [0.1, 0.15) is 5.60 Å². The molecule has 2 atom stereocenters. The first kappa shape index (κ1) is 19.3. The molecular weight excluding hydrogens is 300 g/mol. The number of carboxylic acid groups (broad SMARTS) is 1. The predicted molar refractivity (Wildman–Crippen MR) is 84.9 cm³/mol. The zero-order chi connectivity index (χ0) is 17.8. The molecule has 0 radical (unpaired) electrons. The summed E-state index contributed by atoms with van der Waals surface area (Å²) in [6.07, 6.45) is -0.344. The van der Waals surface area contributed by atoms with Gasteiger partial charge in [-0.2, -0.15) is 0 Å². The number of nitrogens with zero attached hydrogens (tertiary/aromatic N) is 1. The minimum atomic E-state index is -1.00. The highest BCUT2D eigenvalue weighted by Gasteiger charge is 2.38. The minimum absolute atomic E-state index is 0.0677. The van der Waals surface area contributed by atoms with Crippen molar-refractivity contribution in [1.82, 2.24) is 10.2 Å². The van der Waals surface area contributed by atoms with Gasteiger partial charge in [0.2, 0.25) is 5.91 Å². The number of carbonyl (C=O) groups is 3. The Morgan fingerprint density at radius 2 is 1.78 bits per heavy atom. The third kappa shape index (κ3) is 6.46. The lowest BCUT2D eigenvalue weighted by Crippen LogP contribution is -2.51. The third-order valence-electron chi connectivity index (χ3n) is 3.51. The van der Waals surface area contributed by atoms with Crippen LogP contribution in [-0.4, -0.2) is 53.2 Å². The first-order chi connectivity index (χ1) is 10.5. The molecule has 0 aromatic carbocycles. The Morgan fingerprint density at radius 1 is 1.22 bits per heavy atom. The normalized spacial score (nSPS) is 21.9. The highest BCUT2D eigenvalue weighted by atomic mass is 16.6. The molecule has 1 aliphatic heterocycles. The van der Waals surface area contributed by atoms with Crippen LogP contribution in [0.2, 0.25) is 0 Å². The number of rotatable bonds is 4. The SMILES string of the molecule is CC(C)CNC(=O)[C@@H]1CC(C(=O)O)CN(C(=O)OC(C)(C)C)C1. The van der Waals surface area contributed by atoms with Gasteiger partial charge in [-0.15, -0.1) is 0 Å². The van der Waals surface area contributed by atoms with E-state index in [1.165, 1.54) is 4.90 Å². The zero-order valence-corrected chi connectivity index (χ0v) is 14.6. The molecule has 1 aliphatic rings. The summed E-state index contributed by atoms with van der Waals surface area (Å²) in [7, 11) is 0. The Bertz CT molecular complexity index is 456. The molecule has 0 spiro atoms. The van der Waals surface area contributed by atoms with E-state index < -0.39 is 29.5 Å². The van der Waals surface area contributed by atoms with Crippen molar-refractivity contribution in [1.29, 1.82) is 0 Å². The van der Waals surface area contributed by atoms with E-state index in [0.29, 0.717) is 12.5 Å². The molecule has 23 heavy (non-hydrogen) atoms. The second kappa shape index (κ2) is 7.66. The second-order valence-electron chi connectivity index (χ2n) is 7.49. The molecule has 1 saturated heterocycles. The van der Waals surface area contributed by atoms with Gasteiger partial charge in [-0.05, 0) is 33.1 Å².